The monoisotopic (exact) mass is 422 g/mol. The van der Waals surface area contributed by atoms with Crippen LogP contribution in [0.25, 0.3) is 0 Å². The molecule has 2 aromatic rings. The summed E-state index contributed by atoms with van der Waals surface area (Å²) in [7, 11) is -3.05. The molecule has 0 radical (unpaired) electrons. The van der Waals surface area contributed by atoms with Crippen LogP contribution >= 0.6 is 23.4 Å². The van der Waals surface area contributed by atoms with Gasteiger partial charge in [0.05, 0.1) is 30.2 Å². The van der Waals surface area contributed by atoms with Gasteiger partial charge in [-0.2, -0.15) is 0 Å². The molecule has 2 heterocycles. The molecule has 27 heavy (non-hydrogen) atoms. The van der Waals surface area contributed by atoms with Crippen LogP contribution in [0.15, 0.2) is 59.6 Å². The molecule has 0 N–H and O–H groups in total. The summed E-state index contributed by atoms with van der Waals surface area (Å²) in [6, 6.07) is 16.8. The van der Waals surface area contributed by atoms with Crippen LogP contribution in [0.5, 0.6) is 5.75 Å². The van der Waals surface area contributed by atoms with Crippen LogP contribution in [0, 0.1) is 0 Å². The topological polar surface area (TPSA) is 59.0 Å². The van der Waals surface area contributed by atoms with E-state index in [4.69, 9.17) is 21.3 Å². The van der Waals surface area contributed by atoms with E-state index in [1.165, 1.54) is 0 Å². The lowest BCUT2D eigenvalue weighted by atomic mass is 10.1. The summed E-state index contributed by atoms with van der Waals surface area (Å²) in [4.78, 5) is 6.75. The molecule has 4 rings (SSSR count). The van der Waals surface area contributed by atoms with Crippen LogP contribution in [-0.2, 0) is 9.84 Å². The second kappa shape index (κ2) is 7.73. The highest BCUT2D eigenvalue weighted by atomic mass is 35.5. The molecule has 2 atom stereocenters. The number of ether oxygens (including phenoxy) is 1. The van der Waals surface area contributed by atoms with Crippen molar-refractivity contribution in [3.63, 3.8) is 0 Å². The molecule has 0 spiro atoms. The number of thioether (sulfide) groups is 1. The summed E-state index contributed by atoms with van der Waals surface area (Å²) in [5.74, 6) is 1.81. The highest BCUT2D eigenvalue weighted by Gasteiger charge is 2.47. The number of hydrogen-bond acceptors (Lipinski definition) is 6. The molecular weight excluding hydrogens is 404 g/mol. The van der Waals surface area contributed by atoms with Gasteiger partial charge >= 0.3 is 0 Å². The van der Waals surface area contributed by atoms with Gasteiger partial charge in [0.15, 0.2) is 15.0 Å². The maximum absolute atomic E-state index is 12.1. The summed E-state index contributed by atoms with van der Waals surface area (Å²) < 4.78 is 29.9. The van der Waals surface area contributed by atoms with E-state index in [0.29, 0.717) is 11.6 Å². The Bertz CT molecular complexity index is 933. The molecule has 0 amide bonds. The summed E-state index contributed by atoms with van der Waals surface area (Å²) >= 11 is 7.60. The minimum absolute atomic E-state index is 0.117. The van der Waals surface area contributed by atoms with Gasteiger partial charge in [-0.05, 0) is 36.4 Å². The van der Waals surface area contributed by atoms with E-state index in [1.807, 2.05) is 59.5 Å². The second-order valence-corrected chi connectivity index (χ2v) is 10.1. The minimum Gasteiger partial charge on any atom is -0.493 e. The number of sulfone groups is 1. The number of amidine groups is 1. The lowest BCUT2D eigenvalue weighted by Crippen LogP contribution is -2.39. The Kier molecular flexibility index (Phi) is 5.34. The van der Waals surface area contributed by atoms with Gasteiger partial charge in [0.2, 0.25) is 0 Å². The summed E-state index contributed by atoms with van der Waals surface area (Å²) in [6.45, 7) is 0.551. The van der Waals surface area contributed by atoms with Crippen LogP contribution in [0.4, 0.5) is 5.69 Å². The number of fused-ring (bicyclic) bond motifs is 1. The number of nitrogens with zero attached hydrogens (tertiary/aromatic N) is 2. The third-order valence-corrected chi connectivity index (χ3v) is 7.42. The zero-order chi connectivity index (χ0) is 18.9. The van der Waals surface area contributed by atoms with E-state index in [2.05, 4.69) is 0 Å². The van der Waals surface area contributed by atoms with E-state index in [0.717, 1.165) is 22.4 Å². The van der Waals surface area contributed by atoms with Crippen molar-refractivity contribution >= 4 is 44.1 Å². The van der Waals surface area contributed by atoms with E-state index >= 15 is 0 Å². The Balaban J connectivity index is 1.46. The van der Waals surface area contributed by atoms with Crippen molar-refractivity contribution in [3.8, 4) is 5.75 Å². The predicted molar refractivity (Wildman–Crippen MR) is 112 cm³/mol. The zero-order valence-electron chi connectivity index (χ0n) is 14.5. The number of para-hydroxylation sites is 1. The van der Waals surface area contributed by atoms with Gasteiger partial charge in [0, 0.05) is 16.5 Å². The molecule has 0 aliphatic carbocycles. The maximum Gasteiger partial charge on any atom is 0.164 e. The van der Waals surface area contributed by atoms with Gasteiger partial charge in [-0.25, -0.2) is 8.42 Å². The standard InChI is InChI=1S/C19H19ClN2O3S2/c20-14-6-8-15(9-7-14)22-18-13-27(23,24)12-17(18)21-19(22)26-11-10-25-16-4-2-1-3-5-16/h1-9,17-18H,10-13H2/t17-,18+/m1/s1. The van der Waals surface area contributed by atoms with Crippen molar-refractivity contribution in [1.29, 1.82) is 0 Å². The van der Waals surface area contributed by atoms with Crippen LogP contribution in [0.1, 0.15) is 0 Å². The largest absolute Gasteiger partial charge is 0.493 e. The molecular formula is C19H19ClN2O3S2. The van der Waals surface area contributed by atoms with E-state index in [1.54, 1.807) is 11.8 Å². The van der Waals surface area contributed by atoms with Crippen LogP contribution in [0.2, 0.25) is 5.02 Å². The fourth-order valence-electron chi connectivity index (χ4n) is 3.35. The van der Waals surface area contributed by atoms with Gasteiger partial charge in [0.25, 0.3) is 0 Å². The highest BCUT2D eigenvalue weighted by molar-refractivity contribution is 8.14. The Morgan fingerprint density at radius 1 is 1.11 bits per heavy atom. The summed E-state index contributed by atoms with van der Waals surface area (Å²) in [6.07, 6.45) is 0. The number of aliphatic imine (C=N–C) groups is 1. The molecule has 2 aliphatic heterocycles. The first-order valence-electron chi connectivity index (χ1n) is 8.65. The first kappa shape index (κ1) is 18.7. The van der Waals surface area contributed by atoms with Crippen molar-refractivity contribution in [1.82, 2.24) is 0 Å². The van der Waals surface area contributed by atoms with E-state index in [-0.39, 0.29) is 23.6 Å². The quantitative estimate of drug-likeness (QED) is 0.690. The number of rotatable bonds is 5. The lowest BCUT2D eigenvalue weighted by molar-refractivity contribution is 0.344. The van der Waals surface area contributed by atoms with Gasteiger partial charge < -0.3 is 9.64 Å². The van der Waals surface area contributed by atoms with Crippen LogP contribution in [0.3, 0.4) is 0 Å². The minimum atomic E-state index is -3.05. The summed E-state index contributed by atoms with van der Waals surface area (Å²) in [5, 5.41) is 1.50. The number of halogens is 1. The molecule has 0 bridgehead atoms. The predicted octanol–water partition coefficient (Wildman–Crippen LogP) is 3.49. The number of benzene rings is 2. The molecule has 1 saturated heterocycles. The first-order valence-corrected chi connectivity index (χ1v) is 11.8. The molecule has 2 aromatic carbocycles. The second-order valence-electron chi connectivity index (χ2n) is 6.48. The van der Waals surface area contributed by atoms with Gasteiger partial charge in [-0.15, -0.1) is 0 Å². The molecule has 1 fully saturated rings. The first-order chi connectivity index (χ1) is 13.0. The third-order valence-electron chi connectivity index (χ3n) is 4.54. The van der Waals surface area contributed by atoms with Gasteiger partial charge in [0.1, 0.15) is 5.75 Å². The molecule has 0 unspecified atom stereocenters. The lowest BCUT2D eigenvalue weighted by Gasteiger charge is -2.26. The highest BCUT2D eigenvalue weighted by Crippen LogP contribution is 2.35. The van der Waals surface area contributed by atoms with Gasteiger partial charge in [-0.3, -0.25) is 4.99 Å². The van der Waals surface area contributed by atoms with Crippen molar-refractivity contribution in [3.05, 3.63) is 59.6 Å². The van der Waals surface area contributed by atoms with Crippen molar-refractivity contribution in [2.24, 2.45) is 4.99 Å². The summed E-state index contributed by atoms with van der Waals surface area (Å²) in [5.41, 5.74) is 0.916. The average Bonchev–Trinajstić information content (AvgIpc) is 3.11. The molecule has 0 aromatic heterocycles. The molecule has 5 nitrogen and oxygen atoms in total. The smallest absolute Gasteiger partial charge is 0.164 e. The molecule has 2 aliphatic rings. The average molecular weight is 423 g/mol. The van der Waals surface area contributed by atoms with Crippen LogP contribution < -0.4 is 9.64 Å². The molecule has 0 saturated carbocycles. The van der Waals surface area contributed by atoms with Gasteiger partial charge in [-0.1, -0.05) is 41.6 Å². The Labute approximate surface area is 168 Å². The van der Waals surface area contributed by atoms with Crippen molar-refractivity contribution in [2.75, 3.05) is 28.8 Å². The SMILES string of the molecule is O=S1(=O)C[C@H]2N=C(SCCOc3ccccc3)N(c3ccc(Cl)cc3)[C@H]2C1. The molecule has 8 heteroatoms. The normalized spacial score (nSPS) is 23.1. The van der Waals surface area contributed by atoms with Crippen molar-refractivity contribution in [2.45, 2.75) is 12.1 Å². The maximum atomic E-state index is 12.1. The fourth-order valence-corrected chi connectivity index (χ4v) is 6.26. The third kappa shape index (κ3) is 4.25. The van der Waals surface area contributed by atoms with Crippen molar-refractivity contribution < 1.29 is 13.2 Å². The van der Waals surface area contributed by atoms with E-state index < -0.39 is 9.84 Å². The Morgan fingerprint density at radius 3 is 2.59 bits per heavy atom. The molecule has 142 valence electrons. The number of anilines is 1. The zero-order valence-corrected chi connectivity index (χ0v) is 16.9. The Morgan fingerprint density at radius 2 is 1.85 bits per heavy atom. The number of hydrogen-bond donors (Lipinski definition) is 0. The van der Waals surface area contributed by atoms with E-state index in [9.17, 15) is 8.42 Å². The fraction of sp³-hybridized carbons (Fsp3) is 0.316. The Hall–Kier alpha value is -1.70. The van der Waals surface area contributed by atoms with Crippen LogP contribution in [-0.4, -0.2) is 49.5 Å².